The van der Waals surface area contributed by atoms with Crippen LogP contribution in [0.5, 0.6) is 0 Å². The van der Waals surface area contributed by atoms with Crippen LogP contribution in [0.3, 0.4) is 0 Å². The Kier molecular flexibility index (Phi) is 1.75. The fourth-order valence-electron chi connectivity index (χ4n) is 0.847. The molecule has 1 radical (unpaired) electrons. The van der Waals surface area contributed by atoms with Crippen molar-refractivity contribution in [2.24, 2.45) is 5.92 Å². The molecule has 0 nitrogen and oxygen atoms in total. The van der Waals surface area contributed by atoms with Crippen LogP contribution < -0.4 is 0 Å². The van der Waals surface area contributed by atoms with Gasteiger partial charge in [-0.05, 0) is 25.8 Å². The highest BCUT2D eigenvalue weighted by molar-refractivity contribution is 5.10. The van der Waals surface area contributed by atoms with Crippen molar-refractivity contribution in [3.63, 3.8) is 0 Å². The minimum atomic E-state index is 0.514. The summed E-state index contributed by atoms with van der Waals surface area (Å²) in [6, 6.07) is 0. The Hall–Kier alpha value is -0.700. The van der Waals surface area contributed by atoms with Gasteiger partial charge < -0.3 is 0 Å². The summed E-state index contributed by atoms with van der Waals surface area (Å²) in [6.07, 6.45) is 7.47. The summed E-state index contributed by atoms with van der Waals surface area (Å²) in [5.74, 6) is 6.48. The first kappa shape index (κ1) is 5.44. The quantitative estimate of drug-likeness (QED) is 0.412. The standard InChI is InChI=1S/C8H9/c1-2-5-8-6-3-4-7-8/h7-8H,3,6H2,1H3. The van der Waals surface area contributed by atoms with Crippen LogP contribution in [-0.2, 0) is 0 Å². The SMILES string of the molecule is CC#CC1C=[C]CC1. The van der Waals surface area contributed by atoms with Gasteiger partial charge in [-0.1, -0.05) is 12.0 Å². The van der Waals surface area contributed by atoms with Crippen LogP contribution in [0.25, 0.3) is 0 Å². The van der Waals surface area contributed by atoms with Crippen LogP contribution in [0.1, 0.15) is 19.8 Å². The molecule has 0 bridgehead atoms. The normalized spacial score (nSPS) is 24.9. The van der Waals surface area contributed by atoms with Gasteiger partial charge in [-0.2, -0.15) is 0 Å². The molecule has 0 heteroatoms. The molecule has 0 saturated heterocycles. The van der Waals surface area contributed by atoms with E-state index in [2.05, 4.69) is 24.0 Å². The molecule has 1 aliphatic carbocycles. The van der Waals surface area contributed by atoms with E-state index >= 15 is 0 Å². The van der Waals surface area contributed by atoms with Crippen LogP contribution in [0.2, 0.25) is 0 Å². The Morgan fingerprint density at radius 1 is 1.75 bits per heavy atom. The molecule has 0 amide bonds. The van der Waals surface area contributed by atoms with Gasteiger partial charge in [0.05, 0.1) is 0 Å². The molecule has 1 atom stereocenters. The average Bonchev–Trinajstić information content (AvgIpc) is 2.19. The van der Waals surface area contributed by atoms with E-state index in [1.165, 1.54) is 6.42 Å². The summed E-state index contributed by atoms with van der Waals surface area (Å²) in [5, 5.41) is 0. The van der Waals surface area contributed by atoms with Crippen LogP contribution in [0, 0.1) is 23.8 Å². The van der Waals surface area contributed by atoms with Gasteiger partial charge in [-0.25, -0.2) is 0 Å². The first-order chi connectivity index (χ1) is 3.93. The predicted molar refractivity (Wildman–Crippen MR) is 34.0 cm³/mol. The largest absolute Gasteiger partial charge is 0.106 e. The third-order valence-electron chi connectivity index (χ3n) is 1.25. The molecule has 8 heavy (non-hydrogen) atoms. The molecule has 0 aromatic carbocycles. The Balaban J connectivity index is 2.44. The highest BCUT2D eigenvalue weighted by atomic mass is 14.1. The molecule has 1 rings (SSSR count). The van der Waals surface area contributed by atoms with E-state index in [1.54, 1.807) is 0 Å². The van der Waals surface area contributed by atoms with Crippen molar-refractivity contribution in [3.05, 3.63) is 12.2 Å². The first-order valence-electron chi connectivity index (χ1n) is 2.92. The van der Waals surface area contributed by atoms with Crippen molar-refractivity contribution in [2.45, 2.75) is 19.8 Å². The van der Waals surface area contributed by atoms with E-state index in [0.29, 0.717) is 5.92 Å². The minimum Gasteiger partial charge on any atom is -0.106 e. The number of rotatable bonds is 0. The van der Waals surface area contributed by atoms with Crippen molar-refractivity contribution in [1.29, 1.82) is 0 Å². The minimum absolute atomic E-state index is 0.514. The second kappa shape index (κ2) is 2.57. The maximum Gasteiger partial charge on any atom is 0.0391 e. The molecular weight excluding hydrogens is 96.1 g/mol. The molecule has 41 valence electrons. The Morgan fingerprint density at radius 2 is 2.62 bits per heavy atom. The van der Waals surface area contributed by atoms with Crippen LogP contribution >= 0.6 is 0 Å². The lowest BCUT2D eigenvalue weighted by atomic mass is 10.1. The summed E-state index contributed by atoms with van der Waals surface area (Å²) < 4.78 is 0. The lowest BCUT2D eigenvalue weighted by Gasteiger charge is -1.90. The van der Waals surface area contributed by atoms with E-state index in [-0.39, 0.29) is 0 Å². The fourth-order valence-corrected chi connectivity index (χ4v) is 0.847. The Morgan fingerprint density at radius 3 is 3.12 bits per heavy atom. The zero-order valence-corrected chi connectivity index (χ0v) is 5.07. The van der Waals surface area contributed by atoms with Gasteiger partial charge in [-0.15, -0.1) is 5.92 Å². The van der Waals surface area contributed by atoms with Crippen molar-refractivity contribution in [2.75, 3.05) is 0 Å². The third-order valence-corrected chi connectivity index (χ3v) is 1.25. The molecule has 0 N–H and O–H groups in total. The van der Waals surface area contributed by atoms with Gasteiger partial charge in [0, 0.05) is 5.92 Å². The zero-order valence-electron chi connectivity index (χ0n) is 5.07. The molecule has 1 aliphatic rings. The van der Waals surface area contributed by atoms with Crippen molar-refractivity contribution < 1.29 is 0 Å². The monoisotopic (exact) mass is 105 g/mol. The molecule has 0 spiro atoms. The maximum atomic E-state index is 3.13. The maximum absolute atomic E-state index is 3.13. The van der Waals surface area contributed by atoms with Gasteiger partial charge in [0.15, 0.2) is 0 Å². The molecule has 0 aromatic heterocycles. The van der Waals surface area contributed by atoms with E-state index in [4.69, 9.17) is 0 Å². The zero-order chi connectivity index (χ0) is 5.82. The third kappa shape index (κ3) is 1.13. The van der Waals surface area contributed by atoms with Gasteiger partial charge in [0.25, 0.3) is 0 Å². The smallest absolute Gasteiger partial charge is 0.0391 e. The van der Waals surface area contributed by atoms with Gasteiger partial charge in [-0.3, -0.25) is 0 Å². The molecule has 0 heterocycles. The Labute approximate surface area is 50.6 Å². The molecule has 0 aromatic rings. The summed E-state index contributed by atoms with van der Waals surface area (Å²) >= 11 is 0. The van der Waals surface area contributed by atoms with Crippen LogP contribution in [0.15, 0.2) is 6.08 Å². The van der Waals surface area contributed by atoms with Crippen molar-refractivity contribution in [1.82, 2.24) is 0 Å². The number of allylic oxidation sites excluding steroid dienone is 2. The summed E-state index contributed by atoms with van der Waals surface area (Å²) in [7, 11) is 0. The lowest BCUT2D eigenvalue weighted by Crippen LogP contribution is -1.82. The van der Waals surface area contributed by atoms with Crippen LogP contribution in [-0.4, -0.2) is 0 Å². The summed E-state index contributed by atoms with van der Waals surface area (Å²) in [5.41, 5.74) is 0. The molecule has 0 fully saturated rings. The number of hydrogen-bond donors (Lipinski definition) is 0. The molecule has 0 aliphatic heterocycles. The van der Waals surface area contributed by atoms with Gasteiger partial charge in [0.1, 0.15) is 0 Å². The van der Waals surface area contributed by atoms with Crippen molar-refractivity contribution >= 4 is 0 Å². The van der Waals surface area contributed by atoms with Crippen LogP contribution in [0.4, 0.5) is 0 Å². The van der Waals surface area contributed by atoms with Crippen molar-refractivity contribution in [3.8, 4) is 11.8 Å². The molecular formula is C8H9. The molecule has 1 unspecified atom stereocenters. The predicted octanol–water partition coefficient (Wildman–Crippen LogP) is 1.78. The van der Waals surface area contributed by atoms with E-state index in [0.717, 1.165) is 6.42 Å². The highest BCUT2D eigenvalue weighted by Gasteiger charge is 2.03. The lowest BCUT2D eigenvalue weighted by molar-refractivity contribution is 0.793. The van der Waals surface area contributed by atoms with Gasteiger partial charge in [0.2, 0.25) is 0 Å². The van der Waals surface area contributed by atoms with E-state index < -0.39 is 0 Å². The summed E-state index contributed by atoms with van der Waals surface area (Å²) in [6.45, 7) is 1.88. The van der Waals surface area contributed by atoms with E-state index in [1.807, 2.05) is 6.92 Å². The average molecular weight is 105 g/mol. The number of hydrogen-bond acceptors (Lipinski definition) is 0. The molecule has 0 saturated carbocycles. The Bertz CT molecular complexity index is 143. The second-order valence-electron chi connectivity index (χ2n) is 1.91. The summed E-state index contributed by atoms with van der Waals surface area (Å²) in [4.78, 5) is 0. The van der Waals surface area contributed by atoms with E-state index in [9.17, 15) is 0 Å². The fraction of sp³-hybridized carbons (Fsp3) is 0.500. The second-order valence-corrected chi connectivity index (χ2v) is 1.91. The highest BCUT2D eigenvalue weighted by Crippen LogP contribution is 2.13. The first-order valence-corrected chi connectivity index (χ1v) is 2.92. The topological polar surface area (TPSA) is 0 Å². The van der Waals surface area contributed by atoms with Gasteiger partial charge >= 0.3 is 0 Å².